The van der Waals surface area contributed by atoms with E-state index in [1.165, 1.54) is 11.1 Å². The third-order valence-electron chi connectivity index (χ3n) is 3.54. The van der Waals surface area contributed by atoms with Crippen molar-refractivity contribution in [2.24, 2.45) is 0 Å². The van der Waals surface area contributed by atoms with Gasteiger partial charge >= 0.3 is 0 Å². The van der Waals surface area contributed by atoms with E-state index in [-0.39, 0.29) is 0 Å². The summed E-state index contributed by atoms with van der Waals surface area (Å²) in [4.78, 5) is 4.39. The van der Waals surface area contributed by atoms with Crippen LogP contribution in [0, 0.1) is 18.3 Å². The van der Waals surface area contributed by atoms with E-state index in [4.69, 9.17) is 5.26 Å². The molecule has 0 saturated heterocycles. The minimum atomic E-state index is 0.455. The fourth-order valence-corrected chi connectivity index (χ4v) is 2.20. The molecule has 6 nitrogen and oxygen atoms in total. The van der Waals surface area contributed by atoms with Gasteiger partial charge in [-0.1, -0.05) is 24.3 Å². The van der Waals surface area contributed by atoms with Gasteiger partial charge in [0.2, 0.25) is 5.95 Å². The lowest BCUT2D eigenvalue weighted by Crippen LogP contribution is -2.07. The molecular formula is C18H16N6. The zero-order valence-electron chi connectivity index (χ0n) is 13.2. The Morgan fingerprint density at radius 2 is 1.88 bits per heavy atom. The Labute approximate surface area is 140 Å². The highest BCUT2D eigenvalue weighted by molar-refractivity contribution is 5.57. The predicted molar refractivity (Wildman–Crippen MR) is 92.8 cm³/mol. The van der Waals surface area contributed by atoms with E-state index in [0.29, 0.717) is 23.9 Å². The molecule has 0 aliphatic rings. The zero-order chi connectivity index (χ0) is 16.8. The van der Waals surface area contributed by atoms with Gasteiger partial charge in [0.25, 0.3) is 0 Å². The quantitative estimate of drug-likeness (QED) is 0.750. The average molecular weight is 316 g/mol. The molecule has 3 aromatic rings. The molecule has 0 amide bonds. The van der Waals surface area contributed by atoms with Crippen LogP contribution in [-0.2, 0) is 6.54 Å². The fraction of sp³-hybridized carbons (Fsp3) is 0.111. The largest absolute Gasteiger partial charge is 0.349 e. The van der Waals surface area contributed by atoms with Gasteiger partial charge in [-0.3, -0.25) is 0 Å². The Morgan fingerprint density at radius 3 is 2.62 bits per heavy atom. The van der Waals surface area contributed by atoms with Crippen molar-refractivity contribution in [3.8, 4) is 6.07 Å². The second kappa shape index (κ2) is 7.20. The lowest BCUT2D eigenvalue weighted by atomic mass is 10.1. The molecule has 2 aromatic carbocycles. The maximum Gasteiger partial charge on any atom is 0.244 e. The summed E-state index contributed by atoms with van der Waals surface area (Å²) in [6.07, 6.45) is 1.55. The summed E-state index contributed by atoms with van der Waals surface area (Å²) in [6.45, 7) is 2.70. The number of aromatic nitrogens is 3. The summed E-state index contributed by atoms with van der Waals surface area (Å²) in [7, 11) is 0. The summed E-state index contributed by atoms with van der Waals surface area (Å²) >= 11 is 0. The van der Waals surface area contributed by atoms with Crippen LogP contribution < -0.4 is 10.6 Å². The normalized spacial score (nSPS) is 10.0. The number of hydrogen-bond donors (Lipinski definition) is 2. The zero-order valence-corrected chi connectivity index (χ0v) is 13.2. The van der Waals surface area contributed by atoms with E-state index >= 15 is 0 Å². The van der Waals surface area contributed by atoms with Crippen molar-refractivity contribution < 1.29 is 0 Å². The standard InChI is InChI=1S/C18H16N6/c1-13-4-2-3-5-15(13)11-20-18-23-17(12-21-24-18)22-16-8-6-14(10-19)7-9-16/h2-9,12H,11H2,1H3,(H2,20,22,23,24). The minimum absolute atomic E-state index is 0.455. The first-order valence-electron chi connectivity index (χ1n) is 7.50. The minimum Gasteiger partial charge on any atom is -0.349 e. The van der Waals surface area contributed by atoms with Crippen LogP contribution in [0.4, 0.5) is 17.5 Å². The highest BCUT2D eigenvalue weighted by atomic mass is 15.3. The fourth-order valence-electron chi connectivity index (χ4n) is 2.20. The van der Waals surface area contributed by atoms with Crippen LogP contribution in [-0.4, -0.2) is 15.2 Å². The molecule has 0 radical (unpaired) electrons. The molecule has 3 rings (SSSR count). The molecule has 2 N–H and O–H groups in total. The van der Waals surface area contributed by atoms with Gasteiger partial charge in [-0.25, -0.2) is 0 Å². The van der Waals surface area contributed by atoms with E-state index in [2.05, 4.69) is 50.9 Å². The van der Waals surface area contributed by atoms with Crippen molar-refractivity contribution in [2.75, 3.05) is 10.6 Å². The summed E-state index contributed by atoms with van der Waals surface area (Å²) in [5.74, 6) is 1.04. The van der Waals surface area contributed by atoms with Gasteiger partial charge in [-0.15, -0.1) is 5.10 Å². The number of hydrogen-bond acceptors (Lipinski definition) is 6. The van der Waals surface area contributed by atoms with Crippen LogP contribution in [0.15, 0.2) is 54.7 Å². The van der Waals surface area contributed by atoms with Crippen LogP contribution in [0.2, 0.25) is 0 Å². The highest BCUT2D eigenvalue weighted by Crippen LogP contribution is 2.15. The molecule has 1 heterocycles. The smallest absolute Gasteiger partial charge is 0.244 e. The second-order valence-electron chi connectivity index (χ2n) is 5.26. The Hall–Kier alpha value is -3.46. The van der Waals surface area contributed by atoms with Crippen LogP contribution in [0.25, 0.3) is 0 Å². The van der Waals surface area contributed by atoms with E-state index in [1.807, 2.05) is 24.3 Å². The molecule has 118 valence electrons. The molecule has 24 heavy (non-hydrogen) atoms. The van der Waals surface area contributed by atoms with E-state index in [0.717, 1.165) is 5.69 Å². The van der Waals surface area contributed by atoms with Crippen LogP contribution in [0.5, 0.6) is 0 Å². The van der Waals surface area contributed by atoms with Gasteiger partial charge in [0.15, 0.2) is 5.82 Å². The van der Waals surface area contributed by atoms with Crippen molar-refractivity contribution >= 4 is 17.5 Å². The van der Waals surface area contributed by atoms with Crippen molar-refractivity contribution in [1.82, 2.24) is 15.2 Å². The number of anilines is 3. The number of aryl methyl sites for hydroxylation is 1. The number of nitriles is 1. The van der Waals surface area contributed by atoms with Crippen LogP contribution in [0.1, 0.15) is 16.7 Å². The second-order valence-corrected chi connectivity index (χ2v) is 5.26. The van der Waals surface area contributed by atoms with Gasteiger partial charge < -0.3 is 10.6 Å². The molecule has 1 aromatic heterocycles. The topological polar surface area (TPSA) is 86.5 Å². The van der Waals surface area contributed by atoms with Gasteiger partial charge in [-0.05, 0) is 42.3 Å². The summed E-state index contributed by atoms with van der Waals surface area (Å²) < 4.78 is 0. The lowest BCUT2D eigenvalue weighted by molar-refractivity contribution is 0.946. The first-order valence-corrected chi connectivity index (χ1v) is 7.50. The molecule has 0 unspecified atom stereocenters. The molecule has 0 fully saturated rings. The Bertz CT molecular complexity index is 867. The number of nitrogens with one attached hydrogen (secondary N) is 2. The van der Waals surface area contributed by atoms with Crippen molar-refractivity contribution in [3.05, 3.63) is 71.4 Å². The van der Waals surface area contributed by atoms with E-state index in [1.54, 1.807) is 18.3 Å². The maximum atomic E-state index is 8.82. The van der Waals surface area contributed by atoms with Gasteiger partial charge in [0, 0.05) is 12.2 Å². The first-order chi connectivity index (χ1) is 11.7. The monoisotopic (exact) mass is 316 g/mol. The van der Waals surface area contributed by atoms with Crippen molar-refractivity contribution in [2.45, 2.75) is 13.5 Å². The molecule has 0 bridgehead atoms. The number of nitrogens with zero attached hydrogens (tertiary/aromatic N) is 4. The third-order valence-corrected chi connectivity index (χ3v) is 3.54. The Kier molecular flexibility index (Phi) is 4.63. The van der Waals surface area contributed by atoms with E-state index in [9.17, 15) is 0 Å². The predicted octanol–water partition coefficient (Wildman–Crippen LogP) is 3.41. The average Bonchev–Trinajstić information content (AvgIpc) is 2.62. The molecule has 0 spiro atoms. The highest BCUT2D eigenvalue weighted by Gasteiger charge is 2.03. The summed E-state index contributed by atoms with van der Waals surface area (Å²) in [5.41, 5.74) is 3.85. The van der Waals surface area contributed by atoms with Gasteiger partial charge in [0.1, 0.15) is 0 Å². The molecular weight excluding hydrogens is 300 g/mol. The first kappa shape index (κ1) is 15.4. The Balaban J connectivity index is 1.67. The van der Waals surface area contributed by atoms with Gasteiger partial charge in [-0.2, -0.15) is 15.3 Å². The van der Waals surface area contributed by atoms with Crippen molar-refractivity contribution in [3.63, 3.8) is 0 Å². The SMILES string of the molecule is Cc1ccccc1CNc1nncc(Nc2ccc(C#N)cc2)n1. The lowest BCUT2D eigenvalue weighted by Gasteiger charge is -2.09. The summed E-state index contributed by atoms with van der Waals surface area (Å²) in [6, 6.07) is 17.4. The molecule has 0 saturated carbocycles. The molecule has 0 atom stereocenters. The number of benzene rings is 2. The summed E-state index contributed by atoms with van der Waals surface area (Å²) in [5, 5.41) is 23.1. The number of rotatable bonds is 5. The van der Waals surface area contributed by atoms with E-state index < -0.39 is 0 Å². The molecule has 0 aliphatic heterocycles. The third kappa shape index (κ3) is 3.84. The van der Waals surface area contributed by atoms with Crippen molar-refractivity contribution in [1.29, 1.82) is 5.26 Å². The van der Waals surface area contributed by atoms with Crippen LogP contribution >= 0.6 is 0 Å². The Morgan fingerprint density at radius 1 is 1.08 bits per heavy atom. The maximum absolute atomic E-state index is 8.82. The van der Waals surface area contributed by atoms with Crippen LogP contribution in [0.3, 0.4) is 0 Å². The molecule has 0 aliphatic carbocycles. The molecule has 6 heteroatoms. The van der Waals surface area contributed by atoms with Gasteiger partial charge in [0.05, 0.1) is 17.8 Å².